The molecule has 0 radical (unpaired) electrons. The summed E-state index contributed by atoms with van der Waals surface area (Å²) >= 11 is 0. The van der Waals surface area contributed by atoms with E-state index < -0.39 is 46.0 Å². The van der Waals surface area contributed by atoms with Crippen LogP contribution in [0.2, 0.25) is 0 Å². The Hall–Kier alpha value is -3.22. The molecule has 1 N–H and O–H groups in total. The van der Waals surface area contributed by atoms with Gasteiger partial charge in [-0.15, -0.1) is 0 Å². The van der Waals surface area contributed by atoms with E-state index in [0.717, 1.165) is 18.2 Å². The van der Waals surface area contributed by atoms with Gasteiger partial charge in [-0.2, -0.15) is 0 Å². The summed E-state index contributed by atoms with van der Waals surface area (Å²) in [5, 5.41) is 8.75. The molecule has 28 heavy (non-hydrogen) atoms. The summed E-state index contributed by atoms with van der Waals surface area (Å²) in [5.74, 6) is -7.09. The molecule has 0 unspecified atom stereocenters. The topological polar surface area (TPSA) is 20.2 Å². The molecule has 0 heterocycles. The average Bonchev–Trinajstić information content (AvgIpc) is 2.67. The molecule has 7 heteroatoms. The predicted octanol–water partition coefficient (Wildman–Crippen LogP) is 6.53. The monoisotopic (exact) mass is 394 g/mol. The molecular weight excluding hydrogens is 382 g/mol. The van der Waals surface area contributed by atoms with Crippen LogP contribution in [-0.4, -0.2) is 5.11 Å². The lowest BCUT2D eigenvalue weighted by Crippen LogP contribution is -1.92. The van der Waals surface area contributed by atoms with Gasteiger partial charge in [0.1, 0.15) is 5.82 Å². The normalized spacial score (nSPS) is 10.8. The second-order valence-corrected chi connectivity index (χ2v) is 6.01. The summed E-state index contributed by atoms with van der Waals surface area (Å²) in [5.41, 5.74) is 0.307. The van der Waals surface area contributed by atoms with E-state index in [2.05, 4.69) is 0 Å². The first kappa shape index (κ1) is 19.5. The number of hydrogen-bond donors (Lipinski definition) is 1. The van der Waals surface area contributed by atoms with Crippen molar-refractivity contribution >= 4 is 21.5 Å². The lowest BCUT2D eigenvalue weighted by molar-refractivity contribution is 0.433. The van der Waals surface area contributed by atoms with Gasteiger partial charge in [0.05, 0.1) is 10.8 Å². The first-order valence-corrected chi connectivity index (χ1v) is 8.00. The number of aryl methyl sites for hydroxylation is 1. The van der Waals surface area contributed by atoms with Gasteiger partial charge in [-0.1, -0.05) is 30.3 Å². The number of rotatable bonds is 0. The molecule has 0 saturated heterocycles. The second-order valence-electron chi connectivity index (χ2n) is 6.01. The molecule has 0 aliphatic carbocycles. The van der Waals surface area contributed by atoms with Crippen molar-refractivity contribution in [3.8, 4) is 5.75 Å². The Bertz CT molecular complexity index is 1020. The third-order valence-electron chi connectivity index (χ3n) is 4.20. The smallest absolute Gasteiger partial charge is 0.175 e. The van der Waals surface area contributed by atoms with Crippen molar-refractivity contribution in [2.45, 2.75) is 6.92 Å². The van der Waals surface area contributed by atoms with E-state index in [1.165, 1.54) is 31.2 Å². The Balaban J connectivity index is 0.000000161. The van der Waals surface area contributed by atoms with Crippen LogP contribution in [0.5, 0.6) is 5.75 Å². The van der Waals surface area contributed by atoms with Gasteiger partial charge >= 0.3 is 0 Å². The second kappa shape index (κ2) is 7.42. The van der Waals surface area contributed by atoms with E-state index in [1.54, 1.807) is 6.07 Å². The lowest BCUT2D eigenvalue weighted by Gasteiger charge is -2.04. The Kier molecular flexibility index (Phi) is 5.18. The van der Waals surface area contributed by atoms with Gasteiger partial charge in [0.15, 0.2) is 34.8 Å². The molecule has 0 aliphatic rings. The van der Waals surface area contributed by atoms with Crippen molar-refractivity contribution < 1.29 is 31.4 Å². The highest BCUT2D eigenvalue weighted by atomic mass is 19.2. The molecule has 1 nitrogen and oxygen atoms in total. The van der Waals surface area contributed by atoms with Crippen LogP contribution in [0.3, 0.4) is 0 Å². The van der Waals surface area contributed by atoms with Crippen molar-refractivity contribution in [3.05, 3.63) is 89.0 Å². The minimum Gasteiger partial charge on any atom is -0.505 e. The van der Waals surface area contributed by atoms with Crippen molar-refractivity contribution in [2.75, 3.05) is 0 Å². The zero-order valence-electron chi connectivity index (χ0n) is 14.3. The number of halogens is 6. The zero-order chi connectivity index (χ0) is 20.6. The summed E-state index contributed by atoms with van der Waals surface area (Å²) in [6.07, 6.45) is 0. The molecule has 0 atom stereocenters. The number of benzene rings is 4. The molecule has 144 valence electrons. The Morgan fingerprint density at radius 2 is 0.964 bits per heavy atom. The Morgan fingerprint density at radius 3 is 1.50 bits per heavy atom. The first-order valence-electron chi connectivity index (χ1n) is 8.00. The number of hydrogen-bond acceptors (Lipinski definition) is 1. The summed E-state index contributed by atoms with van der Waals surface area (Å²) in [6.45, 7) is 1.51. The van der Waals surface area contributed by atoms with Crippen molar-refractivity contribution in [3.63, 3.8) is 0 Å². The Labute approximate surface area is 155 Å². The van der Waals surface area contributed by atoms with Gasteiger partial charge in [-0.05, 0) is 41.5 Å². The maximum Gasteiger partial charge on any atom is 0.175 e. The highest BCUT2D eigenvalue weighted by Crippen LogP contribution is 2.28. The maximum atomic E-state index is 13.4. The third-order valence-corrected chi connectivity index (χ3v) is 4.20. The lowest BCUT2D eigenvalue weighted by atomic mass is 10.1. The van der Waals surface area contributed by atoms with Gasteiger partial charge in [0.25, 0.3) is 0 Å². The van der Waals surface area contributed by atoms with E-state index in [4.69, 9.17) is 5.11 Å². The number of phenolic OH excluding ortho intramolecular Hbond substituents is 1. The van der Waals surface area contributed by atoms with E-state index in [1.807, 2.05) is 0 Å². The van der Waals surface area contributed by atoms with E-state index in [0.29, 0.717) is 10.9 Å². The highest BCUT2D eigenvalue weighted by molar-refractivity contribution is 5.85. The third kappa shape index (κ3) is 3.35. The number of aromatic hydroxyl groups is 1. The van der Waals surface area contributed by atoms with E-state index in [9.17, 15) is 26.3 Å². The van der Waals surface area contributed by atoms with Crippen LogP contribution < -0.4 is 0 Å². The fraction of sp³-hybridized carbons (Fsp3) is 0.0476. The molecule has 0 bridgehead atoms. The first-order chi connectivity index (χ1) is 13.2. The van der Waals surface area contributed by atoms with E-state index >= 15 is 0 Å². The van der Waals surface area contributed by atoms with Gasteiger partial charge in [0.2, 0.25) is 0 Å². The largest absolute Gasteiger partial charge is 0.505 e. The SMILES string of the molecule is Cc1ccc2ccc(F)c(F)c2c1F.Oc1ccc2ccc(F)c(F)c2c1F. The van der Waals surface area contributed by atoms with Crippen molar-refractivity contribution in [1.29, 1.82) is 0 Å². The van der Waals surface area contributed by atoms with Crippen LogP contribution in [0.15, 0.2) is 48.5 Å². The highest BCUT2D eigenvalue weighted by Gasteiger charge is 2.14. The average molecular weight is 394 g/mol. The molecular formula is C21H12F6O. The van der Waals surface area contributed by atoms with Crippen LogP contribution >= 0.6 is 0 Å². The molecule has 0 fully saturated rings. The van der Waals surface area contributed by atoms with Gasteiger partial charge < -0.3 is 5.11 Å². The van der Waals surface area contributed by atoms with Crippen LogP contribution in [0, 0.1) is 41.8 Å². The van der Waals surface area contributed by atoms with Crippen molar-refractivity contribution in [2.24, 2.45) is 0 Å². The number of phenols is 1. The van der Waals surface area contributed by atoms with Gasteiger partial charge in [-0.25, -0.2) is 26.3 Å². The standard InChI is InChI=1S/C11H7F3.C10H5F3O/c1-6-2-3-7-4-5-8(12)11(14)9(7)10(6)13;11-6-3-1-5-2-4-7(14)10(13)8(5)9(6)12/h2-5H,1H3;1-4,14H. The van der Waals surface area contributed by atoms with Gasteiger partial charge in [0, 0.05) is 0 Å². The zero-order valence-corrected chi connectivity index (χ0v) is 14.3. The molecule has 0 aliphatic heterocycles. The summed E-state index contributed by atoms with van der Waals surface area (Å²) < 4.78 is 78.5. The summed E-state index contributed by atoms with van der Waals surface area (Å²) in [7, 11) is 0. The summed E-state index contributed by atoms with van der Waals surface area (Å²) in [6, 6.07) is 10.0. The minimum atomic E-state index is -1.28. The van der Waals surface area contributed by atoms with E-state index in [-0.39, 0.29) is 10.8 Å². The summed E-state index contributed by atoms with van der Waals surface area (Å²) in [4.78, 5) is 0. The van der Waals surface area contributed by atoms with Gasteiger partial charge in [-0.3, -0.25) is 0 Å². The molecule has 0 aromatic heterocycles. The Morgan fingerprint density at radius 1 is 0.536 bits per heavy atom. The fourth-order valence-corrected chi connectivity index (χ4v) is 2.71. The van der Waals surface area contributed by atoms with Crippen LogP contribution in [0.25, 0.3) is 21.5 Å². The fourth-order valence-electron chi connectivity index (χ4n) is 2.71. The van der Waals surface area contributed by atoms with Crippen LogP contribution in [-0.2, 0) is 0 Å². The molecule has 0 spiro atoms. The quantitative estimate of drug-likeness (QED) is 0.336. The molecule has 4 aromatic rings. The molecule has 4 aromatic carbocycles. The van der Waals surface area contributed by atoms with Crippen molar-refractivity contribution in [1.82, 2.24) is 0 Å². The molecule has 4 rings (SSSR count). The van der Waals surface area contributed by atoms with Crippen LogP contribution in [0.1, 0.15) is 5.56 Å². The molecule has 0 saturated carbocycles. The molecule has 0 amide bonds. The minimum absolute atomic E-state index is 0.208. The predicted molar refractivity (Wildman–Crippen MR) is 94.0 cm³/mol. The number of fused-ring (bicyclic) bond motifs is 2. The van der Waals surface area contributed by atoms with Crippen LogP contribution in [0.4, 0.5) is 26.3 Å². The maximum absolute atomic E-state index is 13.4.